The Kier molecular flexibility index (Phi) is 3.65. The van der Waals surface area contributed by atoms with E-state index in [0.717, 1.165) is 0 Å². The number of likely N-dealkylation sites (N-methyl/N-ethyl adjacent to an activating group) is 1. The Morgan fingerprint density at radius 2 is 1.91 bits per heavy atom. The predicted octanol–water partition coefficient (Wildman–Crippen LogP) is 0.573. The first-order valence-corrected chi connectivity index (χ1v) is 3.64. The summed E-state index contributed by atoms with van der Waals surface area (Å²) in [6, 6.07) is 0. The second-order valence-electron chi connectivity index (χ2n) is 2.98. The molecule has 0 heterocycles. The van der Waals surface area contributed by atoms with Crippen molar-refractivity contribution in [3.8, 4) is 0 Å². The molecule has 0 saturated heterocycles. The molecule has 0 bridgehead atoms. The zero-order valence-electron chi connectivity index (χ0n) is 7.59. The van der Waals surface area contributed by atoms with Crippen molar-refractivity contribution in [2.45, 2.75) is 13.8 Å². The average Bonchev–Trinajstić information content (AvgIpc) is 1.88. The van der Waals surface area contributed by atoms with Crippen LogP contribution in [0.1, 0.15) is 13.8 Å². The molecule has 0 unspecified atom stereocenters. The van der Waals surface area contributed by atoms with Crippen LogP contribution < -0.4 is 5.73 Å². The van der Waals surface area contributed by atoms with Crippen molar-refractivity contribution in [2.24, 2.45) is 11.7 Å². The smallest absolute Gasteiger partial charge is 0.250 e. The Morgan fingerprint density at radius 1 is 1.45 bits per heavy atom. The van der Waals surface area contributed by atoms with E-state index in [1.807, 2.05) is 13.8 Å². The number of carbonyl (C=O) groups excluding carboxylic acids is 1. The maximum absolute atomic E-state index is 11.3. The monoisotopic (exact) mass is 156 g/mol. The lowest BCUT2D eigenvalue weighted by atomic mass is 10.0. The second kappa shape index (κ2) is 4.01. The van der Waals surface area contributed by atoms with Crippen LogP contribution in [0.25, 0.3) is 0 Å². The van der Waals surface area contributed by atoms with Gasteiger partial charge in [-0.3, -0.25) is 4.79 Å². The van der Waals surface area contributed by atoms with Crippen LogP contribution in [0.15, 0.2) is 11.8 Å². The van der Waals surface area contributed by atoms with Gasteiger partial charge in [0.05, 0.1) is 0 Å². The van der Waals surface area contributed by atoms with Gasteiger partial charge in [0.15, 0.2) is 0 Å². The molecule has 0 aromatic rings. The summed E-state index contributed by atoms with van der Waals surface area (Å²) in [5.74, 6) is 0.178. The number of amides is 1. The molecule has 0 radical (unpaired) electrons. The Bertz CT molecular complexity index is 171. The summed E-state index contributed by atoms with van der Waals surface area (Å²) in [6.07, 6.45) is 1.38. The summed E-state index contributed by atoms with van der Waals surface area (Å²) < 4.78 is 0. The van der Waals surface area contributed by atoms with Crippen LogP contribution in [-0.2, 0) is 4.79 Å². The minimum Gasteiger partial charge on any atom is -0.404 e. The summed E-state index contributed by atoms with van der Waals surface area (Å²) in [5.41, 5.74) is 5.96. The third-order valence-electron chi connectivity index (χ3n) is 1.45. The minimum absolute atomic E-state index is 0.0116. The Morgan fingerprint density at radius 3 is 2.00 bits per heavy atom. The van der Waals surface area contributed by atoms with E-state index < -0.39 is 0 Å². The second-order valence-corrected chi connectivity index (χ2v) is 2.98. The number of nitrogens with zero attached hydrogens (tertiary/aromatic N) is 1. The van der Waals surface area contributed by atoms with Crippen LogP contribution in [0.5, 0.6) is 0 Å². The van der Waals surface area contributed by atoms with Crippen LogP contribution >= 0.6 is 0 Å². The highest BCUT2D eigenvalue weighted by molar-refractivity contribution is 5.93. The van der Waals surface area contributed by atoms with Gasteiger partial charge in [0.25, 0.3) is 5.91 Å². The van der Waals surface area contributed by atoms with Crippen molar-refractivity contribution in [3.05, 3.63) is 11.8 Å². The lowest BCUT2D eigenvalue weighted by molar-refractivity contribution is -0.125. The summed E-state index contributed by atoms with van der Waals surface area (Å²) in [5, 5.41) is 0. The molecule has 3 heteroatoms. The lowest BCUT2D eigenvalue weighted by Gasteiger charge is -2.15. The van der Waals surface area contributed by atoms with Crippen LogP contribution in [0.3, 0.4) is 0 Å². The number of hydrogen-bond acceptors (Lipinski definition) is 2. The van der Waals surface area contributed by atoms with E-state index in [1.165, 1.54) is 11.1 Å². The van der Waals surface area contributed by atoms with Crippen molar-refractivity contribution in [1.29, 1.82) is 0 Å². The molecule has 3 nitrogen and oxygen atoms in total. The van der Waals surface area contributed by atoms with E-state index in [1.54, 1.807) is 14.1 Å². The molecule has 1 amide bonds. The third kappa shape index (κ3) is 2.62. The first-order chi connectivity index (χ1) is 5.00. The molecule has 0 fully saturated rings. The molecule has 0 spiro atoms. The molecule has 11 heavy (non-hydrogen) atoms. The first kappa shape index (κ1) is 10.0. The van der Waals surface area contributed by atoms with Crippen molar-refractivity contribution in [1.82, 2.24) is 4.90 Å². The van der Waals surface area contributed by atoms with E-state index in [0.29, 0.717) is 5.57 Å². The highest BCUT2D eigenvalue weighted by Gasteiger charge is 2.13. The van der Waals surface area contributed by atoms with Gasteiger partial charge in [-0.05, 0) is 5.92 Å². The highest BCUT2D eigenvalue weighted by Crippen LogP contribution is 2.09. The molecule has 0 aromatic carbocycles. The zero-order valence-corrected chi connectivity index (χ0v) is 7.59. The lowest BCUT2D eigenvalue weighted by Crippen LogP contribution is -2.26. The Balaban J connectivity index is 4.42. The van der Waals surface area contributed by atoms with Gasteiger partial charge >= 0.3 is 0 Å². The zero-order chi connectivity index (χ0) is 9.02. The van der Waals surface area contributed by atoms with E-state index in [-0.39, 0.29) is 11.8 Å². The predicted molar refractivity (Wildman–Crippen MR) is 45.8 cm³/mol. The standard InChI is InChI=1S/C8H16N2O/c1-6(2)7(5-9)8(11)10(3)4/h5-6H,9H2,1-4H3. The summed E-state index contributed by atoms with van der Waals surface area (Å²) >= 11 is 0. The summed E-state index contributed by atoms with van der Waals surface area (Å²) in [7, 11) is 3.43. The fourth-order valence-electron chi connectivity index (χ4n) is 0.769. The molecule has 0 atom stereocenters. The molecule has 0 aliphatic rings. The van der Waals surface area contributed by atoms with Gasteiger partial charge in [0.2, 0.25) is 0 Å². The van der Waals surface area contributed by atoms with Crippen molar-refractivity contribution < 1.29 is 4.79 Å². The number of rotatable bonds is 2. The molecular weight excluding hydrogens is 140 g/mol. The highest BCUT2D eigenvalue weighted by atomic mass is 16.2. The van der Waals surface area contributed by atoms with E-state index in [4.69, 9.17) is 5.73 Å². The van der Waals surface area contributed by atoms with Gasteiger partial charge in [-0.2, -0.15) is 0 Å². The van der Waals surface area contributed by atoms with Gasteiger partial charge in [0.1, 0.15) is 0 Å². The van der Waals surface area contributed by atoms with Gasteiger partial charge in [-0.1, -0.05) is 13.8 Å². The summed E-state index contributed by atoms with van der Waals surface area (Å²) in [6.45, 7) is 3.89. The van der Waals surface area contributed by atoms with Crippen LogP contribution in [0, 0.1) is 5.92 Å². The van der Waals surface area contributed by atoms with Crippen molar-refractivity contribution in [2.75, 3.05) is 14.1 Å². The third-order valence-corrected chi connectivity index (χ3v) is 1.45. The molecule has 0 saturated carbocycles. The molecule has 0 aromatic heterocycles. The maximum Gasteiger partial charge on any atom is 0.250 e. The van der Waals surface area contributed by atoms with Gasteiger partial charge < -0.3 is 10.6 Å². The molecule has 64 valence electrons. The van der Waals surface area contributed by atoms with E-state index in [9.17, 15) is 4.79 Å². The molecule has 0 rings (SSSR count). The van der Waals surface area contributed by atoms with E-state index in [2.05, 4.69) is 0 Å². The number of hydrogen-bond donors (Lipinski definition) is 1. The SMILES string of the molecule is CC(C)C(=CN)C(=O)N(C)C. The average molecular weight is 156 g/mol. The Labute approximate surface area is 67.9 Å². The molecule has 0 aliphatic carbocycles. The van der Waals surface area contributed by atoms with Crippen LogP contribution in [-0.4, -0.2) is 24.9 Å². The first-order valence-electron chi connectivity index (χ1n) is 3.64. The van der Waals surface area contributed by atoms with Gasteiger partial charge in [-0.25, -0.2) is 0 Å². The molecule has 2 N–H and O–H groups in total. The maximum atomic E-state index is 11.3. The topological polar surface area (TPSA) is 46.3 Å². The Hall–Kier alpha value is -0.990. The number of carbonyl (C=O) groups is 1. The fraction of sp³-hybridized carbons (Fsp3) is 0.625. The minimum atomic E-state index is -0.0116. The van der Waals surface area contributed by atoms with E-state index >= 15 is 0 Å². The van der Waals surface area contributed by atoms with Gasteiger partial charge in [-0.15, -0.1) is 0 Å². The molecular formula is C8H16N2O. The normalized spacial score (nSPS) is 11.9. The van der Waals surface area contributed by atoms with Gasteiger partial charge in [0, 0.05) is 25.9 Å². The van der Waals surface area contributed by atoms with Crippen molar-refractivity contribution in [3.63, 3.8) is 0 Å². The quantitative estimate of drug-likeness (QED) is 0.594. The molecule has 0 aliphatic heterocycles. The van der Waals surface area contributed by atoms with Crippen molar-refractivity contribution >= 4 is 5.91 Å². The van der Waals surface area contributed by atoms with Crippen LogP contribution in [0.2, 0.25) is 0 Å². The van der Waals surface area contributed by atoms with Crippen LogP contribution in [0.4, 0.5) is 0 Å². The fourth-order valence-corrected chi connectivity index (χ4v) is 0.769. The largest absolute Gasteiger partial charge is 0.404 e. The summed E-state index contributed by atoms with van der Waals surface area (Å²) in [4.78, 5) is 12.8. The number of nitrogens with two attached hydrogens (primary N) is 1.